The molecular weight excluding hydrogens is 252 g/mol. The highest BCUT2D eigenvalue weighted by Crippen LogP contribution is 2.22. The molecule has 2 rings (SSSR count). The number of carboxylic acids is 1. The van der Waals surface area contributed by atoms with E-state index in [4.69, 9.17) is 9.84 Å². The number of ether oxygens (including phenoxy) is 1. The standard InChI is InChI=1S/C17H20O3/c1-2-3-4-5-10-20-16-9-8-13-11-15(17(18)19)7-6-14(13)12-16/h6-9,11-12H,2-5,10H2,1H3,(H,18,19). The van der Waals surface area contributed by atoms with E-state index in [1.54, 1.807) is 12.1 Å². The zero-order valence-electron chi connectivity index (χ0n) is 11.8. The Hall–Kier alpha value is -2.03. The lowest BCUT2D eigenvalue weighted by Crippen LogP contribution is -1.98. The zero-order valence-corrected chi connectivity index (χ0v) is 11.8. The molecule has 0 radical (unpaired) electrons. The highest BCUT2D eigenvalue weighted by Gasteiger charge is 2.04. The Morgan fingerprint density at radius 2 is 1.80 bits per heavy atom. The van der Waals surface area contributed by atoms with Crippen molar-refractivity contribution >= 4 is 16.7 Å². The van der Waals surface area contributed by atoms with Crippen LogP contribution < -0.4 is 4.74 Å². The molecule has 2 aromatic rings. The normalized spacial score (nSPS) is 10.7. The molecule has 3 heteroatoms. The first-order chi connectivity index (χ1) is 9.70. The minimum absolute atomic E-state index is 0.311. The zero-order chi connectivity index (χ0) is 14.4. The number of unbranched alkanes of at least 4 members (excludes halogenated alkanes) is 3. The Labute approximate surface area is 119 Å². The number of fused-ring (bicyclic) bond motifs is 1. The number of aromatic carboxylic acids is 1. The van der Waals surface area contributed by atoms with E-state index in [1.165, 1.54) is 19.3 Å². The van der Waals surface area contributed by atoms with Crippen LogP contribution in [0.4, 0.5) is 0 Å². The van der Waals surface area contributed by atoms with Crippen molar-refractivity contribution in [2.75, 3.05) is 6.61 Å². The monoisotopic (exact) mass is 272 g/mol. The van der Waals surface area contributed by atoms with E-state index in [0.717, 1.165) is 29.5 Å². The van der Waals surface area contributed by atoms with Gasteiger partial charge in [0.2, 0.25) is 0 Å². The highest BCUT2D eigenvalue weighted by atomic mass is 16.5. The summed E-state index contributed by atoms with van der Waals surface area (Å²) in [5.41, 5.74) is 0.311. The first-order valence-electron chi connectivity index (χ1n) is 7.10. The molecule has 3 nitrogen and oxygen atoms in total. The van der Waals surface area contributed by atoms with Crippen molar-refractivity contribution in [2.24, 2.45) is 0 Å². The largest absolute Gasteiger partial charge is 0.494 e. The molecule has 0 unspecified atom stereocenters. The summed E-state index contributed by atoms with van der Waals surface area (Å²) in [6.45, 7) is 2.92. The van der Waals surface area contributed by atoms with Gasteiger partial charge in [0, 0.05) is 0 Å². The Kier molecular flexibility index (Phi) is 4.99. The van der Waals surface area contributed by atoms with Gasteiger partial charge in [0.25, 0.3) is 0 Å². The predicted molar refractivity (Wildman–Crippen MR) is 80.5 cm³/mol. The lowest BCUT2D eigenvalue weighted by atomic mass is 10.1. The number of hydrogen-bond acceptors (Lipinski definition) is 2. The second-order valence-electron chi connectivity index (χ2n) is 4.94. The van der Waals surface area contributed by atoms with Crippen LogP contribution in [0.1, 0.15) is 43.0 Å². The van der Waals surface area contributed by atoms with Crippen molar-refractivity contribution in [3.8, 4) is 5.75 Å². The smallest absolute Gasteiger partial charge is 0.335 e. The van der Waals surface area contributed by atoms with Gasteiger partial charge in [0.05, 0.1) is 12.2 Å². The molecule has 0 aliphatic heterocycles. The summed E-state index contributed by atoms with van der Waals surface area (Å²) in [5, 5.41) is 10.9. The quantitative estimate of drug-likeness (QED) is 0.755. The lowest BCUT2D eigenvalue weighted by molar-refractivity contribution is 0.0697. The van der Waals surface area contributed by atoms with Crippen LogP contribution in [-0.4, -0.2) is 17.7 Å². The number of carbonyl (C=O) groups is 1. The van der Waals surface area contributed by atoms with Gasteiger partial charge in [-0.3, -0.25) is 0 Å². The van der Waals surface area contributed by atoms with Gasteiger partial charge < -0.3 is 9.84 Å². The molecule has 0 aliphatic rings. The molecule has 0 bridgehead atoms. The average molecular weight is 272 g/mol. The molecular formula is C17H20O3. The molecule has 2 aromatic carbocycles. The first-order valence-corrected chi connectivity index (χ1v) is 7.10. The summed E-state index contributed by atoms with van der Waals surface area (Å²) in [5.74, 6) is -0.0553. The third kappa shape index (κ3) is 3.73. The fraction of sp³-hybridized carbons (Fsp3) is 0.353. The van der Waals surface area contributed by atoms with Crippen LogP contribution in [0.25, 0.3) is 10.8 Å². The maximum atomic E-state index is 10.9. The number of hydrogen-bond donors (Lipinski definition) is 1. The molecule has 0 fully saturated rings. The molecule has 0 spiro atoms. The average Bonchev–Trinajstić information content (AvgIpc) is 2.46. The van der Waals surface area contributed by atoms with Crippen molar-refractivity contribution < 1.29 is 14.6 Å². The van der Waals surface area contributed by atoms with Gasteiger partial charge in [-0.2, -0.15) is 0 Å². The van der Waals surface area contributed by atoms with Crippen LogP contribution in [-0.2, 0) is 0 Å². The molecule has 0 saturated heterocycles. The second kappa shape index (κ2) is 6.94. The van der Waals surface area contributed by atoms with Crippen molar-refractivity contribution in [3.63, 3.8) is 0 Å². The Morgan fingerprint density at radius 3 is 2.55 bits per heavy atom. The van der Waals surface area contributed by atoms with E-state index < -0.39 is 5.97 Å². The summed E-state index contributed by atoms with van der Waals surface area (Å²) in [7, 11) is 0. The summed E-state index contributed by atoms with van der Waals surface area (Å²) < 4.78 is 5.72. The Balaban J connectivity index is 2.02. The Bertz CT molecular complexity index is 590. The third-order valence-electron chi connectivity index (χ3n) is 3.33. The maximum absolute atomic E-state index is 10.9. The molecule has 0 heterocycles. The second-order valence-corrected chi connectivity index (χ2v) is 4.94. The molecule has 0 saturated carbocycles. The van der Waals surface area contributed by atoms with Gasteiger partial charge in [-0.25, -0.2) is 4.79 Å². The first kappa shape index (κ1) is 14.4. The van der Waals surface area contributed by atoms with Gasteiger partial charge in [-0.05, 0) is 41.5 Å². The van der Waals surface area contributed by atoms with Crippen LogP contribution >= 0.6 is 0 Å². The Morgan fingerprint density at radius 1 is 1.05 bits per heavy atom. The van der Waals surface area contributed by atoms with Crippen LogP contribution in [0.5, 0.6) is 5.75 Å². The molecule has 0 aromatic heterocycles. The van der Waals surface area contributed by atoms with Crippen LogP contribution in [0.3, 0.4) is 0 Å². The summed E-state index contributed by atoms with van der Waals surface area (Å²) >= 11 is 0. The predicted octanol–water partition coefficient (Wildman–Crippen LogP) is 4.50. The summed E-state index contributed by atoms with van der Waals surface area (Å²) in [6.07, 6.45) is 4.75. The summed E-state index contributed by atoms with van der Waals surface area (Å²) in [4.78, 5) is 10.9. The minimum Gasteiger partial charge on any atom is -0.494 e. The summed E-state index contributed by atoms with van der Waals surface area (Å²) in [6, 6.07) is 10.9. The van der Waals surface area contributed by atoms with Crippen molar-refractivity contribution in [1.82, 2.24) is 0 Å². The molecule has 20 heavy (non-hydrogen) atoms. The minimum atomic E-state index is -0.900. The van der Waals surface area contributed by atoms with E-state index in [1.807, 2.05) is 24.3 Å². The number of rotatable bonds is 7. The molecule has 0 atom stereocenters. The van der Waals surface area contributed by atoms with E-state index >= 15 is 0 Å². The number of benzene rings is 2. The molecule has 1 N–H and O–H groups in total. The number of carboxylic acid groups (broad SMARTS) is 1. The van der Waals surface area contributed by atoms with Crippen molar-refractivity contribution in [3.05, 3.63) is 42.0 Å². The topological polar surface area (TPSA) is 46.5 Å². The van der Waals surface area contributed by atoms with Gasteiger partial charge in [0.1, 0.15) is 5.75 Å². The van der Waals surface area contributed by atoms with E-state index in [9.17, 15) is 4.79 Å². The van der Waals surface area contributed by atoms with Crippen LogP contribution in [0.15, 0.2) is 36.4 Å². The van der Waals surface area contributed by atoms with Gasteiger partial charge in [-0.15, -0.1) is 0 Å². The van der Waals surface area contributed by atoms with Crippen molar-refractivity contribution in [2.45, 2.75) is 32.6 Å². The van der Waals surface area contributed by atoms with Gasteiger partial charge in [0.15, 0.2) is 0 Å². The third-order valence-corrected chi connectivity index (χ3v) is 3.33. The SMILES string of the molecule is CCCCCCOc1ccc2cc(C(=O)O)ccc2c1. The molecule has 0 amide bonds. The van der Waals surface area contributed by atoms with Gasteiger partial charge in [-0.1, -0.05) is 38.3 Å². The van der Waals surface area contributed by atoms with E-state index in [2.05, 4.69) is 6.92 Å². The van der Waals surface area contributed by atoms with E-state index in [-0.39, 0.29) is 0 Å². The molecule has 0 aliphatic carbocycles. The van der Waals surface area contributed by atoms with Gasteiger partial charge >= 0.3 is 5.97 Å². The fourth-order valence-electron chi connectivity index (χ4n) is 2.17. The van der Waals surface area contributed by atoms with E-state index in [0.29, 0.717) is 5.56 Å². The maximum Gasteiger partial charge on any atom is 0.335 e. The van der Waals surface area contributed by atoms with Crippen LogP contribution in [0, 0.1) is 0 Å². The fourth-order valence-corrected chi connectivity index (χ4v) is 2.17. The van der Waals surface area contributed by atoms with Crippen LogP contribution in [0.2, 0.25) is 0 Å². The van der Waals surface area contributed by atoms with Crippen molar-refractivity contribution in [1.29, 1.82) is 0 Å². The molecule has 106 valence electrons. The highest BCUT2D eigenvalue weighted by molar-refractivity contribution is 5.94. The lowest BCUT2D eigenvalue weighted by Gasteiger charge is -2.07.